The lowest BCUT2D eigenvalue weighted by Gasteiger charge is -2.33. The third-order valence-corrected chi connectivity index (χ3v) is 5.36. The van der Waals surface area contributed by atoms with E-state index in [0.717, 1.165) is 0 Å². The average Bonchev–Trinajstić information content (AvgIpc) is 3.04. The number of benzene rings is 1. The van der Waals surface area contributed by atoms with Crippen LogP contribution < -0.4 is 4.90 Å². The Hall–Kier alpha value is -2.00. The van der Waals surface area contributed by atoms with Crippen LogP contribution in [0.25, 0.3) is 0 Å². The van der Waals surface area contributed by atoms with Crippen LogP contribution in [-0.2, 0) is 11.3 Å². The van der Waals surface area contributed by atoms with Crippen molar-refractivity contribution in [3.8, 4) is 0 Å². The molecule has 0 N–H and O–H groups in total. The summed E-state index contributed by atoms with van der Waals surface area (Å²) in [6.45, 7) is 2.24. The number of halogens is 4. The number of amides is 1. The molecule has 1 fully saturated rings. The fourth-order valence-electron chi connectivity index (χ4n) is 3.18. The number of thiazole rings is 1. The maximum absolute atomic E-state index is 13.1. The Morgan fingerprint density at radius 1 is 1.33 bits per heavy atom. The van der Waals surface area contributed by atoms with Crippen LogP contribution in [0.1, 0.15) is 25.5 Å². The monoisotopic (exact) mass is 401 g/mol. The van der Waals surface area contributed by atoms with E-state index in [4.69, 9.17) is 0 Å². The minimum atomic E-state index is -4.18. The number of piperidine rings is 1. The molecule has 1 aliphatic rings. The highest BCUT2D eigenvalue weighted by molar-refractivity contribution is 7.14. The molecule has 9 heteroatoms. The van der Waals surface area contributed by atoms with Gasteiger partial charge in [0.15, 0.2) is 5.13 Å². The summed E-state index contributed by atoms with van der Waals surface area (Å²) >= 11 is 1.23. The summed E-state index contributed by atoms with van der Waals surface area (Å²) in [5.74, 6) is -2.00. The summed E-state index contributed by atoms with van der Waals surface area (Å²) in [6, 6.07) is 5.47. The summed E-state index contributed by atoms with van der Waals surface area (Å²) < 4.78 is 52.0. The lowest BCUT2D eigenvalue weighted by Crippen LogP contribution is -2.41. The van der Waals surface area contributed by atoms with E-state index >= 15 is 0 Å². The second kappa shape index (κ2) is 7.93. The van der Waals surface area contributed by atoms with Crippen LogP contribution in [0.5, 0.6) is 0 Å². The van der Waals surface area contributed by atoms with Gasteiger partial charge in [-0.1, -0.05) is 0 Å². The Balaban J connectivity index is 1.73. The van der Waals surface area contributed by atoms with Gasteiger partial charge in [0.2, 0.25) is 5.91 Å². The second-order valence-corrected chi connectivity index (χ2v) is 7.40. The third kappa shape index (κ3) is 4.84. The summed E-state index contributed by atoms with van der Waals surface area (Å²) in [5.41, 5.74) is 1.10. The number of carbonyl (C=O) groups is 1. The van der Waals surface area contributed by atoms with Gasteiger partial charge >= 0.3 is 6.18 Å². The van der Waals surface area contributed by atoms with E-state index in [-0.39, 0.29) is 18.9 Å². The smallest absolute Gasteiger partial charge is 0.297 e. The minimum absolute atomic E-state index is 0.0370. The van der Waals surface area contributed by atoms with Crippen LogP contribution in [0.4, 0.5) is 28.4 Å². The summed E-state index contributed by atoms with van der Waals surface area (Å²) in [6.07, 6.45) is -3.53. The number of nitrogens with zero attached hydrogens (tertiary/aromatic N) is 3. The first-order valence-corrected chi connectivity index (χ1v) is 9.42. The molecule has 0 radical (unpaired) electrons. The molecule has 0 saturated carbocycles. The minimum Gasteiger partial charge on any atom is -0.297 e. The zero-order valence-electron chi connectivity index (χ0n) is 14.7. The van der Waals surface area contributed by atoms with Crippen LogP contribution in [0, 0.1) is 11.7 Å². The van der Waals surface area contributed by atoms with Gasteiger partial charge in [0.1, 0.15) is 5.82 Å². The second-order valence-electron chi connectivity index (χ2n) is 6.57. The topological polar surface area (TPSA) is 36.4 Å². The normalized spacial score (nSPS) is 18.5. The molecular weight excluding hydrogens is 382 g/mol. The lowest BCUT2D eigenvalue weighted by molar-refractivity contribution is -0.187. The van der Waals surface area contributed by atoms with Crippen molar-refractivity contribution in [3.05, 3.63) is 41.2 Å². The van der Waals surface area contributed by atoms with Gasteiger partial charge in [-0.25, -0.2) is 9.37 Å². The molecule has 1 aromatic heterocycles. The molecule has 0 bridgehead atoms. The number of hydrogen-bond acceptors (Lipinski definition) is 4. The first kappa shape index (κ1) is 19.8. The molecule has 27 heavy (non-hydrogen) atoms. The van der Waals surface area contributed by atoms with Crippen molar-refractivity contribution < 1.29 is 22.4 Å². The van der Waals surface area contributed by atoms with Gasteiger partial charge in [0.25, 0.3) is 0 Å². The first-order chi connectivity index (χ1) is 12.7. The van der Waals surface area contributed by atoms with E-state index < -0.39 is 17.9 Å². The number of hydrogen-bond donors (Lipinski definition) is 0. The van der Waals surface area contributed by atoms with Gasteiger partial charge in [0, 0.05) is 25.4 Å². The van der Waals surface area contributed by atoms with Crippen LogP contribution >= 0.6 is 11.3 Å². The van der Waals surface area contributed by atoms with Crippen molar-refractivity contribution in [2.45, 2.75) is 32.5 Å². The maximum atomic E-state index is 13.1. The Labute approximate surface area is 158 Å². The highest BCUT2D eigenvalue weighted by Gasteiger charge is 2.41. The van der Waals surface area contributed by atoms with E-state index in [1.54, 1.807) is 10.3 Å². The molecule has 3 rings (SSSR count). The van der Waals surface area contributed by atoms with Gasteiger partial charge in [-0.3, -0.25) is 14.6 Å². The summed E-state index contributed by atoms with van der Waals surface area (Å²) in [7, 11) is 0. The highest BCUT2D eigenvalue weighted by Crippen LogP contribution is 2.34. The van der Waals surface area contributed by atoms with Crippen LogP contribution in [0.15, 0.2) is 29.6 Å². The number of anilines is 2. The van der Waals surface area contributed by atoms with Crippen molar-refractivity contribution in [1.82, 2.24) is 9.88 Å². The van der Waals surface area contributed by atoms with E-state index in [0.29, 0.717) is 36.0 Å². The van der Waals surface area contributed by atoms with E-state index in [1.807, 2.05) is 0 Å². The predicted octanol–water partition coefficient (Wildman–Crippen LogP) is 4.74. The Morgan fingerprint density at radius 2 is 2.04 bits per heavy atom. The van der Waals surface area contributed by atoms with Gasteiger partial charge in [-0.2, -0.15) is 13.2 Å². The number of rotatable bonds is 4. The molecule has 1 aliphatic heterocycles. The van der Waals surface area contributed by atoms with E-state index in [9.17, 15) is 22.4 Å². The molecule has 0 aliphatic carbocycles. The summed E-state index contributed by atoms with van der Waals surface area (Å²) in [5, 5.41) is 2.15. The van der Waals surface area contributed by atoms with Crippen molar-refractivity contribution in [2.24, 2.45) is 5.92 Å². The average molecular weight is 401 g/mol. The fourth-order valence-corrected chi connectivity index (χ4v) is 4.06. The third-order valence-electron chi connectivity index (χ3n) is 4.48. The first-order valence-electron chi connectivity index (χ1n) is 8.54. The molecule has 2 aromatic rings. The number of aromatic nitrogens is 1. The zero-order chi connectivity index (χ0) is 19.6. The molecular formula is C18H19F4N3OS. The highest BCUT2D eigenvalue weighted by atomic mass is 32.1. The van der Waals surface area contributed by atoms with Crippen molar-refractivity contribution in [3.63, 3.8) is 0 Å². The Morgan fingerprint density at radius 3 is 2.67 bits per heavy atom. The number of carbonyl (C=O) groups excluding carboxylic acids is 1. The Bertz CT molecular complexity index is 791. The van der Waals surface area contributed by atoms with Crippen molar-refractivity contribution >= 4 is 28.1 Å². The summed E-state index contributed by atoms with van der Waals surface area (Å²) in [4.78, 5) is 19.6. The van der Waals surface area contributed by atoms with Gasteiger partial charge in [-0.05, 0) is 43.7 Å². The van der Waals surface area contributed by atoms with Gasteiger partial charge in [-0.15, -0.1) is 11.3 Å². The molecule has 0 spiro atoms. The van der Waals surface area contributed by atoms with Crippen LogP contribution in [-0.4, -0.2) is 35.1 Å². The van der Waals surface area contributed by atoms with E-state index in [2.05, 4.69) is 4.98 Å². The molecule has 1 aromatic carbocycles. The van der Waals surface area contributed by atoms with Crippen LogP contribution in [0.2, 0.25) is 0 Å². The molecule has 4 nitrogen and oxygen atoms in total. The van der Waals surface area contributed by atoms with Crippen molar-refractivity contribution in [2.75, 3.05) is 18.0 Å². The molecule has 0 unspecified atom stereocenters. The fraction of sp³-hybridized carbons (Fsp3) is 0.444. The zero-order valence-corrected chi connectivity index (χ0v) is 15.5. The lowest BCUT2D eigenvalue weighted by atomic mass is 9.97. The largest absolute Gasteiger partial charge is 0.393 e. The molecule has 1 amide bonds. The Kier molecular flexibility index (Phi) is 5.81. The van der Waals surface area contributed by atoms with Crippen molar-refractivity contribution in [1.29, 1.82) is 0 Å². The quantitative estimate of drug-likeness (QED) is 0.695. The van der Waals surface area contributed by atoms with E-state index in [1.165, 1.54) is 47.4 Å². The van der Waals surface area contributed by atoms with Gasteiger partial charge < -0.3 is 0 Å². The predicted molar refractivity (Wildman–Crippen MR) is 95.4 cm³/mol. The SMILES string of the molecule is CC(=O)N(c1ccc(F)cc1)c1nc(CN2CCC[C@H](C(F)(F)F)C2)cs1. The van der Waals surface area contributed by atoms with Crippen LogP contribution in [0.3, 0.4) is 0 Å². The standard InChI is InChI=1S/C18H19F4N3OS/c1-12(26)25(16-6-4-14(19)5-7-16)17-23-15(11-27-17)10-24-8-2-3-13(9-24)18(20,21)22/h4-7,11,13H,2-3,8-10H2,1H3/t13-/m0/s1. The van der Waals surface area contributed by atoms with Gasteiger partial charge in [0.05, 0.1) is 17.3 Å². The number of likely N-dealkylation sites (tertiary alicyclic amines) is 1. The maximum Gasteiger partial charge on any atom is 0.393 e. The molecule has 1 atom stereocenters. The number of alkyl halides is 3. The molecule has 1 saturated heterocycles. The molecule has 2 heterocycles. The molecule has 146 valence electrons.